The van der Waals surface area contributed by atoms with Gasteiger partial charge in [0.15, 0.2) is 5.78 Å². The summed E-state index contributed by atoms with van der Waals surface area (Å²) in [6, 6.07) is 0. The van der Waals surface area contributed by atoms with Crippen LogP contribution in [0.4, 0.5) is 0 Å². The van der Waals surface area contributed by atoms with Gasteiger partial charge in [0, 0.05) is 5.41 Å². The number of carbonyl (C=O) groups is 1. The number of carbonyl (C=O) groups excluding carboxylic acids is 1. The fraction of sp³-hybridized carbons (Fsp3) is 0.615. The summed E-state index contributed by atoms with van der Waals surface area (Å²) in [6.45, 7) is 8.13. The molecule has 1 aliphatic carbocycles. The van der Waals surface area contributed by atoms with Gasteiger partial charge in [-0.25, -0.2) is 0 Å². The molecule has 1 aliphatic rings. The fourth-order valence-corrected chi connectivity index (χ4v) is 2.45. The Morgan fingerprint density at radius 1 is 1.40 bits per heavy atom. The highest BCUT2D eigenvalue weighted by molar-refractivity contribution is 8.02. The van der Waals surface area contributed by atoms with Crippen LogP contribution in [-0.4, -0.2) is 12.0 Å². The van der Waals surface area contributed by atoms with E-state index in [-0.39, 0.29) is 11.2 Å². The van der Waals surface area contributed by atoms with Crippen molar-refractivity contribution in [3.8, 4) is 0 Å². The Morgan fingerprint density at radius 3 is 2.40 bits per heavy atom. The van der Waals surface area contributed by atoms with E-state index in [1.165, 1.54) is 4.91 Å². The minimum absolute atomic E-state index is 0.254. The first-order valence-corrected chi connectivity index (χ1v) is 6.58. The number of thioether (sulfide) groups is 1. The van der Waals surface area contributed by atoms with E-state index < -0.39 is 0 Å². The van der Waals surface area contributed by atoms with E-state index >= 15 is 0 Å². The summed E-state index contributed by atoms with van der Waals surface area (Å²) in [6.07, 6.45) is 7.08. The second-order valence-electron chi connectivity index (χ2n) is 5.15. The van der Waals surface area contributed by atoms with Crippen molar-refractivity contribution in [1.29, 1.82) is 0 Å². The van der Waals surface area contributed by atoms with E-state index in [9.17, 15) is 4.79 Å². The topological polar surface area (TPSA) is 17.1 Å². The quantitative estimate of drug-likeness (QED) is 0.709. The minimum atomic E-state index is -0.254. The zero-order chi connectivity index (χ0) is 11.6. The third kappa shape index (κ3) is 2.97. The SMILES string of the molecule is CSC1=CC=C(C(=O)C(C)(C)C)CC1C. The van der Waals surface area contributed by atoms with E-state index in [1.807, 2.05) is 26.8 Å². The van der Waals surface area contributed by atoms with Crippen molar-refractivity contribution in [2.45, 2.75) is 34.1 Å². The lowest BCUT2D eigenvalue weighted by Gasteiger charge is -2.24. The van der Waals surface area contributed by atoms with Gasteiger partial charge in [0.1, 0.15) is 0 Å². The Hall–Kier alpha value is -0.500. The largest absolute Gasteiger partial charge is 0.294 e. The Kier molecular flexibility index (Phi) is 3.82. The molecular weight excluding hydrogens is 204 g/mol. The van der Waals surface area contributed by atoms with Crippen molar-refractivity contribution >= 4 is 17.5 Å². The Balaban J connectivity index is 2.88. The molecule has 1 atom stereocenters. The zero-order valence-electron chi connectivity index (χ0n) is 10.3. The molecule has 0 heterocycles. The van der Waals surface area contributed by atoms with Crippen LogP contribution in [0.5, 0.6) is 0 Å². The van der Waals surface area contributed by atoms with Crippen molar-refractivity contribution in [2.24, 2.45) is 11.3 Å². The maximum absolute atomic E-state index is 12.1. The minimum Gasteiger partial charge on any atom is -0.294 e. The van der Waals surface area contributed by atoms with Gasteiger partial charge >= 0.3 is 0 Å². The van der Waals surface area contributed by atoms with Crippen LogP contribution in [0.2, 0.25) is 0 Å². The average Bonchev–Trinajstić information content (AvgIpc) is 2.15. The van der Waals surface area contributed by atoms with E-state index in [4.69, 9.17) is 0 Å². The molecule has 0 radical (unpaired) electrons. The molecule has 0 aromatic rings. The lowest BCUT2D eigenvalue weighted by atomic mass is 9.81. The molecule has 1 nitrogen and oxygen atoms in total. The molecule has 15 heavy (non-hydrogen) atoms. The van der Waals surface area contributed by atoms with Crippen LogP contribution in [0.1, 0.15) is 34.1 Å². The first kappa shape index (κ1) is 12.6. The molecule has 0 aromatic carbocycles. The van der Waals surface area contributed by atoms with Crippen LogP contribution in [0.3, 0.4) is 0 Å². The first-order valence-electron chi connectivity index (χ1n) is 5.36. The van der Waals surface area contributed by atoms with Gasteiger partial charge in [-0.2, -0.15) is 0 Å². The van der Waals surface area contributed by atoms with E-state index in [1.54, 1.807) is 11.8 Å². The molecule has 0 amide bonds. The third-order valence-corrected chi connectivity index (χ3v) is 3.68. The van der Waals surface area contributed by atoms with Crippen LogP contribution in [0.25, 0.3) is 0 Å². The monoisotopic (exact) mass is 224 g/mol. The summed E-state index contributed by atoms with van der Waals surface area (Å²) in [5, 5.41) is 0. The number of Topliss-reactive ketones (excluding diaryl/α,β-unsaturated/α-hetero) is 1. The molecule has 1 unspecified atom stereocenters. The third-order valence-electron chi connectivity index (χ3n) is 2.67. The van der Waals surface area contributed by atoms with Gasteiger partial charge in [0.05, 0.1) is 0 Å². The molecule has 0 aliphatic heterocycles. The molecule has 84 valence electrons. The number of hydrogen-bond acceptors (Lipinski definition) is 2. The predicted octanol–water partition coefficient (Wildman–Crippen LogP) is 3.81. The lowest BCUT2D eigenvalue weighted by molar-refractivity contribution is -0.122. The Labute approximate surface area is 97.0 Å². The number of ketones is 1. The van der Waals surface area contributed by atoms with Crippen LogP contribution in [0.15, 0.2) is 22.6 Å². The van der Waals surface area contributed by atoms with Crippen LogP contribution in [0, 0.1) is 11.3 Å². The molecular formula is C13H20OS. The van der Waals surface area contributed by atoms with Crippen molar-refractivity contribution in [3.05, 3.63) is 22.6 Å². The number of rotatable bonds is 2. The molecule has 1 rings (SSSR count). The summed E-state index contributed by atoms with van der Waals surface area (Å²) < 4.78 is 0. The van der Waals surface area contributed by atoms with E-state index in [2.05, 4.69) is 19.3 Å². The Bertz CT molecular complexity index is 318. The second kappa shape index (κ2) is 4.56. The molecule has 0 N–H and O–H groups in total. The maximum atomic E-state index is 12.1. The highest BCUT2D eigenvalue weighted by atomic mass is 32.2. The molecule has 0 aromatic heterocycles. The molecule has 0 fully saturated rings. The Morgan fingerprint density at radius 2 is 2.00 bits per heavy atom. The van der Waals surface area contributed by atoms with Crippen LogP contribution >= 0.6 is 11.8 Å². The number of allylic oxidation sites excluding steroid dienone is 4. The summed E-state index contributed by atoms with van der Waals surface area (Å²) in [4.78, 5) is 13.4. The predicted molar refractivity (Wildman–Crippen MR) is 67.9 cm³/mol. The summed E-state index contributed by atoms with van der Waals surface area (Å²) >= 11 is 1.78. The lowest BCUT2D eigenvalue weighted by Crippen LogP contribution is -2.24. The zero-order valence-corrected chi connectivity index (χ0v) is 11.1. The summed E-state index contributed by atoms with van der Waals surface area (Å²) in [5.74, 6) is 0.775. The normalized spacial score (nSPS) is 22.1. The van der Waals surface area contributed by atoms with Gasteiger partial charge in [-0.15, -0.1) is 11.8 Å². The first-order chi connectivity index (χ1) is 6.86. The van der Waals surface area contributed by atoms with E-state index in [0.29, 0.717) is 5.92 Å². The fourth-order valence-electron chi connectivity index (χ4n) is 1.76. The smallest absolute Gasteiger partial charge is 0.164 e. The van der Waals surface area contributed by atoms with Gasteiger partial charge in [-0.1, -0.05) is 39.8 Å². The van der Waals surface area contributed by atoms with Gasteiger partial charge in [-0.3, -0.25) is 4.79 Å². The van der Waals surface area contributed by atoms with Crippen molar-refractivity contribution in [2.75, 3.05) is 6.26 Å². The van der Waals surface area contributed by atoms with Crippen LogP contribution in [-0.2, 0) is 4.79 Å². The van der Waals surface area contributed by atoms with Gasteiger partial charge in [0.2, 0.25) is 0 Å². The van der Waals surface area contributed by atoms with Crippen molar-refractivity contribution in [1.82, 2.24) is 0 Å². The van der Waals surface area contributed by atoms with Gasteiger partial charge < -0.3 is 0 Å². The maximum Gasteiger partial charge on any atom is 0.164 e. The molecule has 0 saturated heterocycles. The summed E-state index contributed by atoms with van der Waals surface area (Å²) in [7, 11) is 0. The molecule has 0 bridgehead atoms. The van der Waals surface area contributed by atoms with Crippen molar-refractivity contribution < 1.29 is 4.79 Å². The summed E-state index contributed by atoms with van der Waals surface area (Å²) in [5.41, 5.74) is 0.726. The number of hydrogen-bond donors (Lipinski definition) is 0. The average molecular weight is 224 g/mol. The van der Waals surface area contributed by atoms with Gasteiger partial charge in [0.25, 0.3) is 0 Å². The van der Waals surface area contributed by atoms with Gasteiger partial charge in [-0.05, 0) is 29.1 Å². The second-order valence-corrected chi connectivity index (χ2v) is 6.03. The standard InChI is InChI=1S/C13H20OS/c1-9-8-10(6-7-11(9)15-5)12(14)13(2,3)4/h6-7,9H,8H2,1-5H3. The van der Waals surface area contributed by atoms with Crippen molar-refractivity contribution in [3.63, 3.8) is 0 Å². The molecule has 0 spiro atoms. The highest BCUT2D eigenvalue weighted by Crippen LogP contribution is 2.34. The molecule has 0 saturated carbocycles. The molecule has 2 heteroatoms. The highest BCUT2D eigenvalue weighted by Gasteiger charge is 2.27. The van der Waals surface area contributed by atoms with E-state index in [0.717, 1.165) is 12.0 Å². The van der Waals surface area contributed by atoms with Crippen LogP contribution < -0.4 is 0 Å².